The van der Waals surface area contributed by atoms with Crippen LogP contribution in [0.25, 0.3) is 12.2 Å². The Labute approximate surface area is 146 Å². The van der Waals surface area contributed by atoms with Gasteiger partial charge in [-0.15, -0.1) is 11.3 Å². The Hall–Kier alpha value is -2.34. The Balaban J connectivity index is 2.12. The lowest BCUT2D eigenvalue weighted by molar-refractivity contribution is 0.0967. The van der Waals surface area contributed by atoms with Gasteiger partial charge in [-0.2, -0.15) is 0 Å². The number of amides is 1. The van der Waals surface area contributed by atoms with E-state index in [1.807, 2.05) is 30.4 Å². The van der Waals surface area contributed by atoms with E-state index in [2.05, 4.69) is 17.2 Å². The number of thiazole rings is 1. The number of carbonyl (C=O) groups is 1. The van der Waals surface area contributed by atoms with Crippen LogP contribution in [-0.4, -0.2) is 31.7 Å². The van der Waals surface area contributed by atoms with E-state index in [1.165, 1.54) is 11.3 Å². The number of benzene rings is 1. The molecule has 2 rings (SSSR count). The third-order valence-corrected chi connectivity index (χ3v) is 4.30. The van der Waals surface area contributed by atoms with Crippen molar-refractivity contribution in [1.82, 2.24) is 10.3 Å². The molecule has 1 N–H and O–H groups in total. The molecule has 2 aromatic rings. The summed E-state index contributed by atoms with van der Waals surface area (Å²) in [6.45, 7) is 2.79. The predicted octanol–water partition coefficient (Wildman–Crippen LogP) is 3.86. The first-order valence-electron chi connectivity index (χ1n) is 7.84. The minimum absolute atomic E-state index is 0.122. The summed E-state index contributed by atoms with van der Waals surface area (Å²) < 4.78 is 11.1. The first-order chi connectivity index (χ1) is 11.7. The Bertz CT molecular complexity index is 710. The largest absolute Gasteiger partial charge is 0.493 e. The number of rotatable bonds is 8. The molecular weight excluding hydrogens is 324 g/mol. The minimum Gasteiger partial charge on any atom is -0.493 e. The van der Waals surface area contributed by atoms with E-state index >= 15 is 0 Å². The summed E-state index contributed by atoms with van der Waals surface area (Å²) in [5.74, 6) is 1.33. The Kier molecular flexibility index (Phi) is 6.81. The molecule has 0 radical (unpaired) electrons. The van der Waals surface area contributed by atoms with Gasteiger partial charge in [0, 0.05) is 7.05 Å². The highest BCUT2D eigenvalue weighted by molar-refractivity contribution is 7.14. The van der Waals surface area contributed by atoms with E-state index in [4.69, 9.17) is 9.47 Å². The van der Waals surface area contributed by atoms with Crippen LogP contribution in [0.5, 0.6) is 11.5 Å². The highest BCUT2D eigenvalue weighted by Gasteiger charge is 2.07. The number of methoxy groups -OCH3 is 1. The van der Waals surface area contributed by atoms with Gasteiger partial charge in [-0.05, 0) is 30.2 Å². The molecule has 0 aliphatic rings. The fraction of sp³-hybridized carbons (Fsp3) is 0.333. The Morgan fingerprint density at radius 1 is 1.33 bits per heavy atom. The van der Waals surface area contributed by atoms with Gasteiger partial charge in [0.05, 0.1) is 19.9 Å². The van der Waals surface area contributed by atoms with Crippen molar-refractivity contribution in [3.05, 3.63) is 39.8 Å². The lowest BCUT2D eigenvalue weighted by atomic mass is 10.2. The van der Waals surface area contributed by atoms with E-state index in [0.717, 1.165) is 34.9 Å². The molecular formula is C18H22N2O3S. The monoisotopic (exact) mass is 346 g/mol. The number of hydrogen-bond donors (Lipinski definition) is 1. The van der Waals surface area contributed by atoms with Crippen LogP contribution in [0.2, 0.25) is 0 Å². The fourth-order valence-electron chi connectivity index (χ4n) is 2.00. The van der Waals surface area contributed by atoms with Crippen LogP contribution in [-0.2, 0) is 0 Å². The number of hydrogen-bond acceptors (Lipinski definition) is 5. The zero-order valence-corrected chi connectivity index (χ0v) is 15.0. The van der Waals surface area contributed by atoms with Gasteiger partial charge in [0.1, 0.15) is 9.88 Å². The number of unbranched alkanes of at least 4 members (excludes halogenated alkanes) is 1. The van der Waals surface area contributed by atoms with Crippen LogP contribution in [0.1, 0.15) is 40.0 Å². The second-order valence-electron chi connectivity index (χ2n) is 5.09. The van der Waals surface area contributed by atoms with Crippen molar-refractivity contribution in [3.63, 3.8) is 0 Å². The number of aromatic nitrogens is 1. The molecule has 0 unspecified atom stereocenters. The Morgan fingerprint density at radius 3 is 2.88 bits per heavy atom. The Morgan fingerprint density at radius 2 is 2.17 bits per heavy atom. The molecule has 1 heterocycles. The molecule has 24 heavy (non-hydrogen) atoms. The van der Waals surface area contributed by atoms with Gasteiger partial charge in [-0.25, -0.2) is 4.98 Å². The maximum absolute atomic E-state index is 11.5. The summed E-state index contributed by atoms with van der Waals surface area (Å²) in [5, 5.41) is 3.37. The molecule has 1 aromatic heterocycles. The van der Waals surface area contributed by atoms with E-state index in [-0.39, 0.29) is 5.91 Å². The number of carbonyl (C=O) groups excluding carboxylic acids is 1. The molecule has 0 saturated heterocycles. The van der Waals surface area contributed by atoms with Crippen LogP contribution in [0.15, 0.2) is 24.4 Å². The normalized spacial score (nSPS) is 10.8. The lowest BCUT2D eigenvalue weighted by Gasteiger charge is -2.11. The maximum atomic E-state index is 11.5. The summed E-state index contributed by atoms with van der Waals surface area (Å²) in [7, 11) is 3.24. The molecule has 0 atom stereocenters. The summed E-state index contributed by atoms with van der Waals surface area (Å²) in [5.41, 5.74) is 0.985. The molecule has 6 heteroatoms. The molecule has 0 aliphatic heterocycles. The highest BCUT2D eigenvalue weighted by Crippen LogP contribution is 2.29. The van der Waals surface area contributed by atoms with Gasteiger partial charge in [-0.1, -0.05) is 25.5 Å². The smallest absolute Gasteiger partial charge is 0.262 e. The SMILES string of the molecule is CCCCOc1cc(C=Cc2ncc(C(=O)NC)s2)ccc1OC. The first-order valence-corrected chi connectivity index (χ1v) is 8.66. The second-order valence-corrected chi connectivity index (χ2v) is 6.15. The predicted molar refractivity (Wildman–Crippen MR) is 97.8 cm³/mol. The zero-order valence-electron chi connectivity index (χ0n) is 14.2. The van der Waals surface area contributed by atoms with Crippen LogP contribution in [0, 0.1) is 0 Å². The van der Waals surface area contributed by atoms with Crippen molar-refractivity contribution in [2.75, 3.05) is 20.8 Å². The van der Waals surface area contributed by atoms with E-state index in [9.17, 15) is 4.79 Å². The molecule has 128 valence electrons. The molecule has 0 spiro atoms. The molecule has 1 amide bonds. The summed E-state index contributed by atoms with van der Waals surface area (Å²) >= 11 is 1.35. The first kappa shape index (κ1) is 18.0. The second kappa shape index (κ2) is 9.08. The van der Waals surface area contributed by atoms with Crippen molar-refractivity contribution in [2.45, 2.75) is 19.8 Å². The number of nitrogens with one attached hydrogen (secondary N) is 1. The maximum Gasteiger partial charge on any atom is 0.262 e. The van der Waals surface area contributed by atoms with Gasteiger partial charge in [0.25, 0.3) is 5.91 Å². The van der Waals surface area contributed by atoms with Crippen LogP contribution >= 0.6 is 11.3 Å². The average Bonchev–Trinajstić information content (AvgIpc) is 3.08. The number of nitrogens with zero attached hydrogens (tertiary/aromatic N) is 1. The average molecular weight is 346 g/mol. The summed E-state index contributed by atoms with van der Waals surface area (Å²) in [4.78, 5) is 16.4. The van der Waals surface area contributed by atoms with Gasteiger partial charge < -0.3 is 14.8 Å². The quantitative estimate of drug-likeness (QED) is 0.737. The summed E-state index contributed by atoms with van der Waals surface area (Å²) in [6.07, 6.45) is 7.49. The molecule has 5 nitrogen and oxygen atoms in total. The molecule has 1 aromatic carbocycles. The van der Waals surface area contributed by atoms with Crippen molar-refractivity contribution in [1.29, 1.82) is 0 Å². The standard InChI is InChI=1S/C18H22N2O3S/c1-4-5-10-23-15-11-13(6-8-14(15)22-3)7-9-17-20-12-16(24-17)18(21)19-2/h6-9,11-12H,4-5,10H2,1-3H3,(H,19,21). The van der Waals surface area contributed by atoms with Crippen molar-refractivity contribution in [3.8, 4) is 11.5 Å². The van der Waals surface area contributed by atoms with Crippen molar-refractivity contribution < 1.29 is 14.3 Å². The van der Waals surface area contributed by atoms with Gasteiger partial charge in [0.2, 0.25) is 0 Å². The highest BCUT2D eigenvalue weighted by atomic mass is 32.1. The fourth-order valence-corrected chi connectivity index (χ4v) is 2.76. The third kappa shape index (κ3) is 4.83. The van der Waals surface area contributed by atoms with Gasteiger partial charge >= 0.3 is 0 Å². The molecule has 0 saturated carbocycles. The zero-order chi connectivity index (χ0) is 17.4. The minimum atomic E-state index is -0.122. The van der Waals surface area contributed by atoms with E-state index in [1.54, 1.807) is 20.4 Å². The van der Waals surface area contributed by atoms with Crippen molar-refractivity contribution in [2.24, 2.45) is 0 Å². The summed E-state index contributed by atoms with van der Waals surface area (Å²) in [6, 6.07) is 5.78. The van der Waals surface area contributed by atoms with Crippen LogP contribution < -0.4 is 14.8 Å². The number of ether oxygens (including phenoxy) is 2. The third-order valence-electron chi connectivity index (χ3n) is 3.34. The molecule has 0 fully saturated rings. The topological polar surface area (TPSA) is 60.5 Å². The molecule has 0 bridgehead atoms. The van der Waals surface area contributed by atoms with Gasteiger partial charge in [0.15, 0.2) is 11.5 Å². The molecule has 0 aliphatic carbocycles. The van der Waals surface area contributed by atoms with E-state index < -0.39 is 0 Å². The van der Waals surface area contributed by atoms with Crippen LogP contribution in [0.4, 0.5) is 0 Å². The van der Waals surface area contributed by atoms with E-state index in [0.29, 0.717) is 11.5 Å². The lowest BCUT2D eigenvalue weighted by Crippen LogP contribution is -2.16. The van der Waals surface area contributed by atoms with Crippen molar-refractivity contribution >= 4 is 29.4 Å². The van der Waals surface area contributed by atoms with Crippen LogP contribution in [0.3, 0.4) is 0 Å². The van der Waals surface area contributed by atoms with Gasteiger partial charge in [-0.3, -0.25) is 4.79 Å².